The van der Waals surface area contributed by atoms with E-state index in [1.165, 1.54) is 0 Å². The number of piperazine rings is 1. The Morgan fingerprint density at radius 3 is 2.50 bits per heavy atom. The van der Waals surface area contributed by atoms with Crippen LogP contribution >= 0.6 is 0 Å². The lowest BCUT2D eigenvalue weighted by Gasteiger charge is -2.38. The van der Waals surface area contributed by atoms with E-state index >= 15 is 0 Å². The van der Waals surface area contributed by atoms with Crippen molar-refractivity contribution in [3.05, 3.63) is 46.5 Å². The summed E-state index contributed by atoms with van der Waals surface area (Å²) in [5, 5.41) is 13.3. The van der Waals surface area contributed by atoms with Crippen LogP contribution in [0.15, 0.2) is 35.4 Å². The molecule has 0 atom stereocenters. The van der Waals surface area contributed by atoms with Crippen LogP contribution in [0.2, 0.25) is 0 Å². The first-order chi connectivity index (χ1) is 16.5. The van der Waals surface area contributed by atoms with Gasteiger partial charge in [0.2, 0.25) is 5.95 Å². The van der Waals surface area contributed by atoms with Gasteiger partial charge in [-0.25, -0.2) is 9.97 Å². The number of rotatable bonds is 5. The largest absolute Gasteiger partial charge is 0.368 e. The van der Waals surface area contributed by atoms with Gasteiger partial charge in [0.05, 0.1) is 11.9 Å². The maximum absolute atomic E-state index is 13.0. The standard InChI is InChI=1S/C25H30N8O/c1-17(2)31-9-11-32(12-10-31)21-7-8-22(27-16-21)29-25-28-15-19-13-18(14-26)24(34)33(23(19)30-25)20-5-3-4-6-20/h7-8,13,15-17,20H,3-6,9-12H2,1-2H3,(H,27,28,29,30). The van der Waals surface area contributed by atoms with Gasteiger partial charge in [-0.15, -0.1) is 0 Å². The molecule has 0 radical (unpaired) electrons. The molecule has 9 nitrogen and oxygen atoms in total. The molecule has 2 fully saturated rings. The van der Waals surface area contributed by atoms with E-state index in [1.54, 1.807) is 16.8 Å². The Labute approximate surface area is 199 Å². The zero-order chi connectivity index (χ0) is 23.7. The zero-order valence-corrected chi connectivity index (χ0v) is 19.7. The molecule has 2 aliphatic rings. The number of pyridine rings is 2. The zero-order valence-electron chi connectivity index (χ0n) is 19.7. The molecular weight excluding hydrogens is 428 g/mol. The molecule has 1 saturated carbocycles. The van der Waals surface area contributed by atoms with Crippen molar-refractivity contribution in [3.63, 3.8) is 0 Å². The number of fused-ring (bicyclic) bond motifs is 1. The fourth-order valence-electron chi connectivity index (χ4n) is 5.02. The molecule has 0 spiro atoms. The van der Waals surface area contributed by atoms with Gasteiger partial charge < -0.3 is 10.2 Å². The SMILES string of the molecule is CC(C)N1CCN(c2ccc(Nc3ncc4cc(C#N)c(=O)n(C5CCCC5)c4n3)nc2)CC1. The highest BCUT2D eigenvalue weighted by Gasteiger charge is 2.23. The number of nitrogens with zero attached hydrogens (tertiary/aromatic N) is 7. The molecule has 1 aliphatic carbocycles. The van der Waals surface area contributed by atoms with E-state index in [0.717, 1.165) is 57.5 Å². The molecule has 3 aromatic heterocycles. The Kier molecular flexibility index (Phi) is 6.16. The highest BCUT2D eigenvalue weighted by Crippen LogP contribution is 2.31. The van der Waals surface area contributed by atoms with Crippen molar-refractivity contribution in [1.29, 1.82) is 5.26 Å². The average molecular weight is 459 g/mol. The summed E-state index contributed by atoms with van der Waals surface area (Å²) in [7, 11) is 0. The normalized spacial score (nSPS) is 17.4. The molecular formula is C25H30N8O. The van der Waals surface area contributed by atoms with E-state index in [9.17, 15) is 10.1 Å². The van der Waals surface area contributed by atoms with Crippen molar-refractivity contribution in [2.75, 3.05) is 36.4 Å². The van der Waals surface area contributed by atoms with Crippen LogP contribution in [-0.4, -0.2) is 56.6 Å². The number of nitriles is 1. The molecule has 1 saturated heterocycles. The maximum Gasteiger partial charge on any atom is 0.270 e. The number of anilines is 3. The lowest BCUT2D eigenvalue weighted by molar-refractivity contribution is 0.209. The summed E-state index contributed by atoms with van der Waals surface area (Å²) in [5.41, 5.74) is 1.53. The molecule has 0 aromatic carbocycles. The number of hydrogen-bond acceptors (Lipinski definition) is 8. The third-order valence-corrected chi connectivity index (χ3v) is 6.98. The lowest BCUT2D eigenvalue weighted by Crippen LogP contribution is -2.48. The van der Waals surface area contributed by atoms with Gasteiger partial charge in [-0.1, -0.05) is 12.8 Å². The second-order valence-corrected chi connectivity index (χ2v) is 9.40. The van der Waals surface area contributed by atoms with Gasteiger partial charge in [-0.2, -0.15) is 10.2 Å². The van der Waals surface area contributed by atoms with E-state index in [-0.39, 0.29) is 17.2 Å². The van der Waals surface area contributed by atoms with Crippen molar-refractivity contribution in [2.24, 2.45) is 0 Å². The average Bonchev–Trinajstić information content (AvgIpc) is 3.39. The van der Waals surface area contributed by atoms with Crippen LogP contribution in [0.5, 0.6) is 0 Å². The van der Waals surface area contributed by atoms with E-state index in [0.29, 0.717) is 28.8 Å². The first-order valence-electron chi connectivity index (χ1n) is 12.1. The smallest absolute Gasteiger partial charge is 0.270 e. The number of nitrogens with one attached hydrogen (secondary N) is 1. The molecule has 1 N–H and O–H groups in total. The molecule has 0 amide bonds. The predicted molar refractivity (Wildman–Crippen MR) is 132 cm³/mol. The second kappa shape index (κ2) is 9.39. The molecule has 3 aromatic rings. The summed E-state index contributed by atoms with van der Waals surface area (Å²) in [4.78, 5) is 31.4. The summed E-state index contributed by atoms with van der Waals surface area (Å²) in [6.45, 7) is 8.56. The fourth-order valence-corrected chi connectivity index (χ4v) is 5.02. The first kappa shape index (κ1) is 22.3. The molecule has 1 aliphatic heterocycles. The third-order valence-electron chi connectivity index (χ3n) is 6.98. The van der Waals surface area contributed by atoms with Crippen LogP contribution in [0.25, 0.3) is 11.0 Å². The molecule has 9 heteroatoms. The summed E-state index contributed by atoms with van der Waals surface area (Å²) in [6, 6.07) is 8.25. The topological polar surface area (TPSA) is 103 Å². The molecule has 176 valence electrons. The van der Waals surface area contributed by atoms with Gasteiger partial charge in [0, 0.05) is 49.8 Å². The monoisotopic (exact) mass is 458 g/mol. The van der Waals surface area contributed by atoms with Crippen molar-refractivity contribution >= 4 is 28.5 Å². The van der Waals surface area contributed by atoms with Crippen LogP contribution < -0.4 is 15.8 Å². The Bertz CT molecular complexity index is 1260. The molecule has 34 heavy (non-hydrogen) atoms. The van der Waals surface area contributed by atoms with E-state index in [4.69, 9.17) is 0 Å². The molecule has 0 unspecified atom stereocenters. The van der Waals surface area contributed by atoms with E-state index in [1.807, 2.05) is 18.3 Å². The van der Waals surface area contributed by atoms with Gasteiger partial charge in [-0.05, 0) is 44.9 Å². The summed E-state index contributed by atoms with van der Waals surface area (Å²) in [6.07, 6.45) is 7.54. The van der Waals surface area contributed by atoms with Gasteiger partial charge >= 0.3 is 0 Å². The minimum atomic E-state index is -0.272. The van der Waals surface area contributed by atoms with E-state index in [2.05, 4.69) is 50.0 Å². The summed E-state index contributed by atoms with van der Waals surface area (Å²) >= 11 is 0. The summed E-state index contributed by atoms with van der Waals surface area (Å²) < 4.78 is 1.70. The van der Waals surface area contributed by atoms with Crippen molar-refractivity contribution in [3.8, 4) is 6.07 Å². The van der Waals surface area contributed by atoms with Crippen molar-refractivity contribution in [1.82, 2.24) is 24.4 Å². The number of hydrogen-bond donors (Lipinski definition) is 1. The van der Waals surface area contributed by atoms with Gasteiger partial charge in [0.15, 0.2) is 0 Å². The Morgan fingerprint density at radius 2 is 1.85 bits per heavy atom. The lowest BCUT2D eigenvalue weighted by atomic mass is 10.2. The second-order valence-electron chi connectivity index (χ2n) is 9.40. The minimum Gasteiger partial charge on any atom is -0.368 e. The number of aromatic nitrogens is 4. The highest BCUT2D eigenvalue weighted by atomic mass is 16.1. The first-order valence-corrected chi connectivity index (χ1v) is 12.1. The van der Waals surface area contributed by atoms with E-state index < -0.39 is 0 Å². The van der Waals surface area contributed by atoms with Crippen LogP contribution in [0, 0.1) is 11.3 Å². The quantitative estimate of drug-likeness (QED) is 0.620. The fraction of sp³-hybridized carbons (Fsp3) is 0.480. The van der Waals surface area contributed by atoms with Gasteiger partial charge in [0.1, 0.15) is 23.1 Å². The van der Waals surface area contributed by atoms with Crippen molar-refractivity contribution < 1.29 is 0 Å². The van der Waals surface area contributed by atoms with Gasteiger partial charge in [-0.3, -0.25) is 14.3 Å². The van der Waals surface area contributed by atoms with Crippen LogP contribution in [-0.2, 0) is 0 Å². The molecule has 4 heterocycles. The van der Waals surface area contributed by atoms with Crippen molar-refractivity contribution in [2.45, 2.75) is 51.6 Å². The Morgan fingerprint density at radius 1 is 1.09 bits per heavy atom. The Balaban J connectivity index is 1.37. The third kappa shape index (κ3) is 4.33. The van der Waals surface area contributed by atoms with Crippen LogP contribution in [0.4, 0.5) is 17.5 Å². The summed E-state index contributed by atoms with van der Waals surface area (Å²) in [5.74, 6) is 1.03. The molecule has 0 bridgehead atoms. The minimum absolute atomic E-state index is 0.0691. The molecule has 5 rings (SSSR count). The Hall–Kier alpha value is -3.51. The predicted octanol–water partition coefficient (Wildman–Crippen LogP) is 3.45. The maximum atomic E-state index is 13.0. The van der Waals surface area contributed by atoms with Crippen LogP contribution in [0.3, 0.4) is 0 Å². The van der Waals surface area contributed by atoms with Crippen LogP contribution in [0.1, 0.15) is 51.1 Å². The van der Waals surface area contributed by atoms with Gasteiger partial charge in [0.25, 0.3) is 5.56 Å². The highest BCUT2D eigenvalue weighted by molar-refractivity contribution is 5.77.